The molecule has 3 rings (SSSR count). The van der Waals surface area contributed by atoms with Crippen molar-refractivity contribution in [3.8, 4) is 0 Å². The molecule has 1 atom stereocenters. The maximum Gasteiger partial charge on any atom is 0.272 e. The number of hydrogen-bond donors (Lipinski definition) is 1. The van der Waals surface area contributed by atoms with Crippen molar-refractivity contribution in [2.45, 2.75) is 32.7 Å². The first-order chi connectivity index (χ1) is 11.0. The van der Waals surface area contributed by atoms with Crippen LogP contribution in [-0.2, 0) is 7.05 Å². The van der Waals surface area contributed by atoms with Gasteiger partial charge in [0.05, 0.1) is 0 Å². The van der Waals surface area contributed by atoms with Crippen LogP contribution in [0.4, 0.5) is 5.95 Å². The summed E-state index contributed by atoms with van der Waals surface area (Å²) in [4.78, 5) is 23.4. The minimum atomic E-state index is -0.126. The summed E-state index contributed by atoms with van der Waals surface area (Å²) >= 11 is 0. The number of amides is 1. The summed E-state index contributed by atoms with van der Waals surface area (Å²) in [6, 6.07) is 3.78. The molecule has 0 aliphatic carbocycles. The van der Waals surface area contributed by atoms with Gasteiger partial charge in [-0.15, -0.1) is 0 Å². The van der Waals surface area contributed by atoms with Crippen molar-refractivity contribution in [1.29, 1.82) is 0 Å². The molecule has 3 heterocycles. The third kappa shape index (κ3) is 3.67. The summed E-state index contributed by atoms with van der Waals surface area (Å²) in [5.74, 6) is 0.623. The fraction of sp³-hybridized carbons (Fsp3) is 0.500. The van der Waals surface area contributed by atoms with Crippen LogP contribution in [0.3, 0.4) is 0 Å². The number of carbonyl (C=O) groups excluding carboxylic acids is 1. The number of nitrogens with zero attached hydrogens (tertiary/aromatic N) is 5. The van der Waals surface area contributed by atoms with E-state index in [0.29, 0.717) is 5.69 Å². The lowest BCUT2D eigenvalue weighted by atomic mass is 10.1. The Bertz CT molecular complexity index is 690. The maximum absolute atomic E-state index is 12.2. The number of aryl methyl sites for hydroxylation is 3. The van der Waals surface area contributed by atoms with Crippen molar-refractivity contribution in [2.75, 3.05) is 18.0 Å². The zero-order valence-corrected chi connectivity index (χ0v) is 13.8. The number of carbonyl (C=O) groups is 1. The molecule has 1 fully saturated rings. The minimum Gasteiger partial charge on any atom is -0.346 e. The highest BCUT2D eigenvalue weighted by molar-refractivity contribution is 5.92. The molecule has 23 heavy (non-hydrogen) atoms. The zero-order valence-electron chi connectivity index (χ0n) is 13.8. The Morgan fingerprint density at radius 1 is 1.30 bits per heavy atom. The third-order valence-corrected chi connectivity index (χ3v) is 3.96. The van der Waals surface area contributed by atoms with Crippen LogP contribution in [0.1, 0.15) is 34.7 Å². The largest absolute Gasteiger partial charge is 0.346 e. The van der Waals surface area contributed by atoms with Gasteiger partial charge in [-0.25, -0.2) is 9.97 Å². The monoisotopic (exact) mass is 314 g/mol. The van der Waals surface area contributed by atoms with E-state index in [4.69, 9.17) is 0 Å². The van der Waals surface area contributed by atoms with E-state index < -0.39 is 0 Å². The molecule has 1 N–H and O–H groups in total. The quantitative estimate of drug-likeness (QED) is 0.922. The lowest BCUT2D eigenvalue weighted by molar-refractivity contribution is 0.0927. The van der Waals surface area contributed by atoms with Crippen LogP contribution in [0.5, 0.6) is 0 Å². The Balaban J connectivity index is 1.67. The molecule has 0 bridgehead atoms. The van der Waals surface area contributed by atoms with E-state index in [0.717, 1.165) is 43.3 Å². The van der Waals surface area contributed by atoms with E-state index in [9.17, 15) is 4.79 Å². The molecule has 2 aromatic heterocycles. The Kier molecular flexibility index (Phi) is 4.27. The molecule has 1 aliphatic heterocycles. The fourth-order valence-electron chi connectivity index (χ4n) is 2.92. The molecule has 122 valence electrons. The summed E-state index contributed by atoms with van der Waals surface area (Å²) in [5.41, 5.74) is 2.38. The van der Waals surface area contributed by atoms with Crippen molar-refractivity contribution >= 4 is 11.9 Å². The molecule has 1 aliphatic rings. The van der Waals surface area contributed by atoms with E-state index >= 15 is 0 Å². The van der Waals surface area contributed by atoms with E-state index in [2.05, 4.69) is 25.3 Å². The molecule has 1 amide bonds. The average Bonchev–Trinajstić information content (AvgIpc) is 2.93. The maximum atomic E-state index is 12.2. The van der Waals surface area contributed by atoms with Gasteiger partial charge >= 0.3 is 0 Å². The molecule has 7 nitrogen and oxygen atoms in total. The predicted molar refractivity (Wildman–Crippen MR) is 87.4 cm³/mol. The summed E-state index contributed by atoms with van der Waals surface area (Å²) < 4.78 is 1.63. The van der Waals surface area contributed by atoms with Gasteiger partial charge in [0.25, 0.3) is 5.91 Å². The fourth-order valence-corrected chi connectivity index (χ4v) is 2.92. The first-order valence-electron chi connectivity index (χ1n) is 7.89. The highest BCUT2D eigenvalue weighted by Gasteiger charge is 2.24. The molecule has 0 saturated carbocycles. The number of hydrogen-bond acceptors (Lipinski definition) is 5. The normalized spacial score (nSPS) is 18.0. The molecule has 0 spiro atoms. The first kappa shape index (κ1) is 15.5. The topological polar surface area (TPSA) is 75.9 Å². The van der Waals surface area contributed by atoms with Crippen LogP contribution < -0.4 is 10.2 Å². The van der Waals surface area contributed by atoms with Gasteiger partial charge in [-0.2, -0.15) is 5.10 Å². The van der Waals surface area contributed by atoms with E-state index in [1.807, 2.05) is 19.9 Å². The number of piperidine rings is 1. The summed E-state index contributed by atoms with van der Waals surface area (Å²) in [6.45, 7) is 5.59. The van der Waals surface area contributed by atoms with Gasteiger partial charge < -0.3 is 10.2 Å². The van der Waals surface area contributed by atoms with Gasteiger partial charge in [0.1, 0.15) is 5.69 Å². The van der Waals surface area contributed by atoms with Crippen LogP contribution in [0, 0.1) is 13.8 Å². The minimum absolute atomic E-state index is 0.0858. The molecule has 0 aromatic carbocycles. The Morgan fingerprint density at radius 2 is 2.04 bits per heavy atom. The number of anilines is 1. The molecule has 0 radical (unpaired) electrons. The van der Waals surface area contributed by atoms with Crippen LogP contribution in [-0.4, -0.2) is 44.8 Å². The van der Waals surface area contributed by atoms with Gasteiger partial charge in [-0.05, 0) is 38.8 Å². The molecule has 1 unspecified atom stereocenters. The molecule has 2 aromatic rings. The number of aromatic nitrogens is 4. The van der Waals surface area contributed by atoms with Crippen LogP contribution in [0.2, 0.25) is 0 Å². The second-order valence-corrected chi connectivity index (χ2v) is 6.08. The highest BCUT2D eigenvalue weighted by atomic mass is 16.2. The lowest BCUT2D eigenvalue weighted by Crippen LogP contribution is -2.48. The highest BCUT2D eigenvalue weighted by Crippen LogP contribution is 2.17. The van der Waals surface area contributed by atoms with Crippen LogP contribution in [0.15, 0.2) is 18.3 Å². The lowest BCUT2D eigenvalue weighted by Gasteiger charge is -2.33. The molecular formula is C16H22N6O. The van der Waals surface area contributed by atoms with E-state index in [-0.39, 0.29) is 11.9 Å². The zero-order chi connectivity index (χ0) is 16.4. The number of nitrogens with one attached hydrogen (secondary N) is 1. The van der Waals surface area contributed by atoms with Gasteiger partial charge in [0, 0.05) is 43.8 Å². The smallest absolute Gasteiger partial charge is 0.272 e. The van der Waals surface area contributed by atoms with Crippen molar-refractivity contribution in [1.82, 2.24) is 25.1 Å². The van der Waals surface area contributed by atoms with Crippen molar-refractivity contribution in [3.05, 3.63) is 35.4 Å². The van der Waals surface area contributed by atoms with Crippen molar-refractivity contribution in [3.63, 3.8) is 0 Å². The summed E-state index contributed by atoms with van der Waals surface area (Å²) in [5, 5.41) is 7.21. The average molecular weight is 314 g/mol. The molecular weight excluding hydrogens is 292 g/mol. The standard InChI is InChI=1S/C16H22N6O/c1-11-9-12(2)18-16(17-11)22-7-4-5-13(10-22)19-15(23)14-6-8-21(3)20-14/h6,8-9,13H,4-5,7,10H2,1-3H3,(H,19,23). The van der Waals surface area contributed by atoms with Crippen LogP contribution >= 0.6 is 0 Å². The van der Waals surface area contributed by atoms with Crippen molar-refractivity contribution in [2.24, 2.45) is 7.05 Å². The predicted octanol–water partition coefficient (Wildman–Crippen LogP) is 1.23. The SMILES string of the molecule is Cc1cc(C)nc(N2CCCC(NC(=O)c3ccn(C)n3)C2)n1. The Hall–Kier alpha value is -2.44. The second kappa shape index (κ2) is 6.36. The summed E-state index contributed by atoms with van der Waals surface area (Å²) in [7, 11) is 1.80. The van der Waals surface area contributed by atoms with Gasteiger partial charge in [-0.1, -0.05) is 0 Å². The second-order valence-electron chi connectivity index (χ2n) is 6.08. The van der Waals surface area contributed by atoms with Gasteiger partial charge in [0.15, 0.2) is 0 Å². The molecule has 7 heteroatoms. The molecule has 1 saturated heterocycles. The summed E-state index contributed by atoms with van der Waals surface area (Å²) in [6.07, 6.45) is 3.73. The first-order valence-corrected chi connectivity index (χ1v) is 7.89. The van der Waals surface area contributed by atoms with Crippen LogP contribution in [0.25, 0.3) is 0 Å². The Labute approximate surface area is 135 Å². The van der Waals surface area contributed by atoms with E-state index in [1.165, 1.54) is 0 Å². The van der Waals surface area contributed by atoms with Crippen molar-refractivity contribution < 1.29 is 4.79 Å². The number of rotatable bonds is 3. The van der Waals surface area contributed by atoms with E-state index in [1.54, 1.807) is 24.0 Å². The third-order valence-electron chi connectivity index (χ3n) is 3.96. The van der Waals surface area contributed by atoms with Gasteiger partial charge in [0.2, 0.25) is 5.95 Å². The Morgan fingerprint density at radius 3 is 2.70 bits per heavy atom. The van der Waals surface area contributed by atoms with Gasteiger partial charge in [-0.3, -0.25) is 9.48 Å².